The summed E-state index contributed by atoms with van der Waals surface area (Å²) in [5.74, 6) is 0. The Kier molecular flexibility index (Phi) is 24.4. The van der Waals surface area contributed by atoms with E-state index in [-0.39, 0.29) is 0 Å². The monoisotopic (exact) mass is 2150 g/mol. The van der Waals surface area contributed by atoms with Gasteiger partial charge >= 0.3 is 14.2 Å². The maximum Gasteiger partial charge on any atom is 0.488 e. The summed E-state index contributed by atoms with van der Waals surface area (Å²) in [7, 11) is -3.18. The third-order valence-corrected chi connectivity index (χ3v) is 27.4. The average Bonchev–Trinajstić information content (AvgIpc) is 1.62. The summed E-state index contributed by atoms with van der Waals surface area (Å²) in [4.78, 5) is 3.38. The zero-order valence-corrected chi connectivity index (χ0v) is 81.1. The number of aromatic amines is 1. The summed E-state index contributed by atoms with van der Waals surface area (Å²) in [6, 6.07) is 151. The highest BCUT2D eigenvalue weighted by Gasteiger charge is 2.25. The molecule has 0 spiro atoms. The number of aromatic nitrogens is 7. The number of hydrogen-bond acceptors (Lipinski definition) is 4. The Bertz CT molecular complexity index is 7850. The van der Waals surface area contributed by atoms with Crippen LogP contribution in [0.3, 0.4) is 0 Å². The zero-order valence-electron chi connectivity index (χ0n) is 71.0. The van der Waals surface area contributed by atoms with Crippen LogP contribution in [0.4, 0.5) is 0 Å². The third-order valence-electron chi connectivity index (χ3n) is 24.4. The summed E-state index contributed by atoms with van der Waals surface area (Å²) < 4.78 is 20.2. The maximum absolute atomic E-state index is 10.3. The van der Waals surface area contributed by atoms with Gasteiger partial charge in [0, 0.05) is 146 Å². The predicted molar refractivity (Wildman–Crippen MR) is 585 cm³/mol. The minimum atomic E-state index is -1.59. The molecule has 0 aliphatic heterocycles. The molecule has 11 nitrogen and oxygen atoms in total. The summed E-state index contributed by atoms with van der Waals surface area (Å²) in [6.45, 7) is 0. The zero-order chi connectivity index (χ0) is 90.5. The molecule has 5 N–H and O–H groups in total. The number of fused-ring (bicyclic) bond motifs is 21. The van der Waals surface area contributed by atoms with E-state index in [1.807, 2.05) is 103 Å². The number of hydrogen-bond donors (Lipinski definition) is 5. The van der Waals surface area contributed by atoms with Gasteiger partial charge in [0.25, 0.3) is 0 Å². The first-order valence-electron chi connectivity index (χ1n) is 43.4. The van der Waals surface area contributed by atoms with Crippen molar-refractivity contribution in [1.29, 1.82) is 0 Å². The Hall–Kier alpha value is -13.1. The molecule has 0 bridgehead atoms. The van der Waals surface area contributed by atoms with Gasteiger partial charge in [0.2, 0.25) is 0 Å². The van der Waals surface area contributed by atoms with E-state index in [9.17, 15) is 20.1 Å². The summed E-state index contributed by atoms with van der Waals surface area (Å²) in [5, 5.41) is 58.0. The van der Waals surface area contributed by atoms with Crippen molar-refractivity contribution < 1.29 is 20.1 Å². The third kappa shape index (κ3) is 16.8. The number of benzene rings is 19. The minimum absolute atomic E-state index is 0.446. The van der Waals surface area contributed by atoms with Gasteiger partial charge in [-0.3, -0.25) is 0 Å². The van der Waals surface area contributed by atoms with Gasteiger partial charge in [-0.05, 0) is 209 Å². The highest BCUT2D eigenvalue weighted by atomic mass is 127. The predicted octanol–water partition coefficient (Wildman–Crippen LogP) is 30.1. The molecule has 133 heavy (non-hydrogen) atoms. The van der Waals surface area contributed by atoms with E-state index in [0.29, 0.717) is 10.9 Å². The largest absolute Gasteiger partial charge is 0.488 e. The van der Waals surface area contributed by atoms with Crippen LogP contribution in [0.2, 0.25) is 0 Å². The SMILES string of the molecule is Brc1cc(-n2c3ccccc3c3ccccc32)cc(-n2c3ccccc3c3ccccc32)c1.Brc1cc(Br)cc(Br)c1.Brc1cccc(I)c1.OB(O)c1cc(-n2c3ccccc3c3ccccc32)cc(-n2c3ccccc3c3ccccc32)c1.OB(O)c1cc(-n2c3ccccc3c3ccccc32)cc(-n2c3ccccc3c3ccccc32)c1.c1ccc2c(c1)[nH]c1ccccc12. The number of H-pyrrole nitrogens is 1. The molecule has 7 heterocycles. The second-order valence-corrected chi connectivity index (χ2v) is 38.3. The highest BCUT2D eigenvalue weighted by Crippen LogP contribution is 2.42. The molecule has 19 aromatic carbocycles. The van der Waals surface area contributed by atoms with Crippen LogP contribution in [0.15, 0.2) is 459 Å². The molecule has 0 amide bonds. The van der Waals surface area contributed by atoms with Crippen molar-refractivity contribution >= 4 is 280 Å². The van der Waals surface area contributed by atoms with E-state index in [4.69, 9.17) is 0 Å². The first-order valence-corrected chi connectivity index (χ1v) is 48.4. The summed E-state index contributed by atoms with van der Waals surface area (Å²) in [5.41, 5.74) is 22.6. The molecule has 26 rings (SSSR count). The van der Waals surface area contributed by atoms with Crippen LogP contribution in [-0.4, -0.2) is 66.7 Å². The molecule has 19 heteroatoms. The van der Waals surface area contributed by atoms with Crippen molar-refractivity contribution in [3.05, 3.63) is 463 Å². The Balaban J connectivity index is 0.000000104. The minimum Gasteiger partial charge on any atom is -0.423 e. The van der Waals surface area contributed by atoms with Crippen LogP contribution in [0, 0.1) is 3.57 Å². The van der Waals surface area contributed by atoms with Crippen molar-refractivity contribution in [2.75, 3.05) is 0 Å². The van der Waals surface area contributed by atoms with Crippen molar-refractivity contribution in [2.45, 2.75) is 0 Å². The fourth-order valence-electron chi connectivity index (χ4n) is 18.9. The topological polar surface area (TPSA) is 126 Å². The molecule has 0 radical (unpaired) electrons. The number of halogens is 6. The molecule has 7 aromatic heterocycles. The fourth-order valence-corrected chi connectivity index (χ4v) is 23.1. The Morgan fingerprint density at radius 3 is 0.549 bits per heavy atom. The highest BCUT2D eigenvalue weighted by molar-refractivity contribution is 14.1. The normalized spacial score (nSPS) is 11.4. The smallest absolute Gasteiger partial charge is 0.423 e. The van der Waals surface area contributed by atoms with Crippen LogP contribution >= 0.6 is 102 Å². The molecule has 26 aromatic rings. The van der Waals surface area contributed by atoms with Gasteiger partial charge in [0.1, 0.15) is 0 Å². The van der Waals surface area contributed by atoms with Gasteiger partial charge in [-0.1, -0.05) is 341 Å². The Labute approximate surface area is 821 Å². The molecule has 640 valence electrons. The van der Waals surface area contributed by atoms with Gasteiger partial charge in [-0.25, -0.2) is 0 Å². The number of rotatable bonds is 8. The van der Waals surface area contributed by atoms with Crippen molar-refractivity contribution in [3.8, 4) is 34.1 Å². The van der Waals surface area contributed by atoms with E-state index in [1.165, 1.54) is 69.0 Å². The van der Waals surface area contributed by atoms with E-state index in [1.54, 1.807) is 0 Å². The lowest BCUT2D eigenvalue weighted by molar-refractivity contribution is 0.424. The van der Waals surface area contributed by atoms with Crippen molar-refractivity contribution in [2.24, 2.45) is 0 Å². The van der Waals surface area contributed by atoms with E-state index in [2.05, 4.69) is 468 Å². The first-order chi connectivity index (χ1) is 65.1. The number of para-hydroxylation sites is 14. The molecule has 0 atom stereocenters. The van der Waals surface area contributed by atoms with Crippen molar-refractivity contribution in [3.63, 3.8) is 0 Å². The van der Waals surface area contributed by atoms with Crippen LogP contribution in [0.1, 0.15) is 0 Å². The molecular formula is C114H77B2Br5IN7O4. The van der Waals surface area contributed by atoms with Gasteiger partial charge in [0.05, 0.1) is 66.2 Å². The molecule has 0 saturated carbocycles. The molecule has 0 saturated heterocycles. The van der Waals surface area contributed by atoms with Crippen LogP contribution in [0.25, 0.3) is 187 Å². The second-order valence-electron chi connectivity index (χ2n) is 32.4. The van der Waals surface area contributed by atoms with Crippen molar-refractivity contribution in [1.82, 2.24) is 32.4 Å². The Morgan fingerprint density at radius 1 is 0.180 bits per heavy atom. The standard InChI is InChI=1S/2C30H21BN2O2.C30H19BrN2.C12H9N.C6H3Br3.C6H4BrI/c2*34-31(35)20-17-21(32-27-13-5-1-9-23(27)24-10-2-6-14-28(24)32)19-22(18-20)33-29-15-7-3-11-25(29)26-12-4-8-16-30(26)33;31-20-17-21(32-27-13-5-1-9-23(27)24-10-2-6-14-28(24)32)19-22(18-20)33-29-15-7-3-11-25(29)26-12-4-8-16-30(26)33;1-3-7-11-9(5-1)10-6-2-4-8-12(10)13-11;7-4-1-5(8)3-6(9)2-4;7-5-2-1-3-6(8)4-5/h2*1-19,34-35H;1-19H;1-8,13H;1-3H;1-4H. The quantitative estimate of drug-likeness (QED) is 0.0767. The molecule has 0 unspecified atom stereocenters. The van der Waals surface area contributed by atoms with Crippen LogP contribution in [-0.2, 0) is 0 Å². The molecule has 0 fully saturated rings. The lowest BCUT2D eigenvalue weighted by Crippen LogP contribution is -2.30. The summed E-state index contributed by atoms with van der Waals surface area (Å²) >= 11 is 19.5. The van der Waals surface area contributed by atoms with Crippen LogP contribution < -0.4 is 10.9 Å². The first kappa shape index (κ1) is 86.6. The van der Waals surface area contributed by atoms with Gasteiger partial charge in [-0.15, -0.1) is 0 Å². The lowest BCUT2D eigenvalue weighted by Gasteiger charge is -2.15. The maximum atomic E-state index is 10.3. The van der Waals surface area contributed by atoms with Crippen LogP contribution in [0.5, 0.6) is 0 Å². The Morgan fingerprint density at radius 2 is 0.361 bits per heavy atom. The van der Waals surface area contributed by atoms with Gasteiger partial charge in [-0.2, -0.15) is 0 Å². The van der Waals surface area contributed by atoms with Gasteiger partial charge in [0.15, 0.2) is 0 Å². The molecule has 0 aliphatic carbocycles. The lowest BCUT2D eigenvalue weighted by atomic mass is 9.79. The number of nitrogens with one attached hydrogen (secondary N) is 1. The van der Waals surface area contributed by atoms with E-state index < -0.39 is 14.2 Å². The fraction of sp³-hybridized carbons (Fsp3) is 0. The number of nitrogens with zero attached hydrogens (tertiary/aromatic N) is 6. The average molecular weight is 2160 g/mol. The van der Waals surface area contributed by atoms with E-state index in [0.717, 1.165) is 144 Å². The second kappa shape index (κ2) is 37.5. The molecule has 0 aliphatic rings. The summed E-state index contributed by atoms with van der Waals surface area (Å²) in [6.07, 6.45) is 0. The van der Waals surface area contributed by atoms with E-state index >= 15 is 0 Å². The molecular weight excluding hydrogens is 2080 g/mol. The van der Waals surface area contributed by atoms with Gasteiger partial charge < -0.3 is 52.5 Å².